The molecule has 1 N–H and O–H groups in total. The van der Waals surface area contributed by atoms with Gasteiger partial charge in [0.15, 0.2) is 0 Å². The number of aryl methyl sites for hydroxylation is 2. The van der Waals surface area contributed by atoms with Crippen molar-refractivity contribution in [3.05, 3.63) is 29.3 Å². The highest BCUT2D eigenvalue weighted by molar-refractivity contribution is 7.89. The zero-order valence-corrected chi connectivity index (χ0v) is 14.3. The molecule has 3 rings (SSSR count). The molecular formula is C17H26N2O2S. The molecule has 2 heterocycles. The van der Waals surface area contributed by atoms with Crippen LogP contribution in [0.5, 0.6) is 0 Å². The minimum atomic E-state index is -3.34. The van der Waals surface area contributed by atoms with E-state index in [1.807, 2.05) is 19.9 Å². The fourth-order valence-corrected chi connectivity index (χ4v) is 5.21. The smallest absolute Gasteiger partial charge is 0.243 e. The van der Waals surface area contributed by atoms with Gasteiger partial charge in [0.25, 0.3) is 0 Å². The lowest BCUT2D eigenvalue weighted by molar-refractivity contribution is 0.234. The highest BCUT2D eigenvalue weighted by atomic mass is 32.2. The predicted octanol–water partition coefficient (Wildman–Crippen LogP) is 2.46. The lowest BCUT2D eigenvalue weighted by Crippen LogP contribution is -2.43. The van der Waals surface area contributed by atoms with Crippen LogP contribution in [0.15, 0.2) is 23.1 Å². The molecule has 2 aliphatic heterocycles. The molecule has 0 amide bonds. The molecule has 0 aliphatic carbocycles. The van der Waals surface area contributed by atoms with Gasteiger partial charge >= 0.3 is 0 Å². The summed E-state index contributed by atoms with van der Waals surface area (Å²) in [5, 5.41) is 3.56. The van der Waals surface area contributed by atoms with Crippen LogP contribution in [0.4, 0.5) is 0 Å². The molecule has 0 spiro atoms. The Bertz CT molecular complexity index is 628. The van der Waals surface area contributed by atoms with Crippen molar-refractivity contribution < 1.29 is 8.42 Å². The van der Waals surface area contributed by atoms with Crippen LogP contribution in [-0.2, 0) is 10.0 Å². The van der Waals surface area contributed by atoms with E-state index in [0.717, 1.165) is 30.5 Å². The van der Waals surface area contributed by atoms with Crippen molar-refractivity contribution in [3.8, 4) is 0 Å². The number of hydrogen-bond donors (Lipinski definition) is 1. The predicted molar refractivity (Wildman–Crippen MR) is 88.4 cm³/mol. The van der Waals surface area contributed by atoms with Gasteiger partial charge in [0.05, 0.1) is 4.90 Å². The van der Waals surface area contributed by atoms with Crippen molar-refractivity contribution >= 4 is 10.0 Å². The van der Waals surface area contributed by atoms with Gasteiger partial charge in [0.1, 0.15) is 0 Å². The molecule has 22 heavy (non-hydrogen) atoms. The van der Waals surface area contributed by atoms with Gasteiger partial charge in [-0.05, 0) is 75.3 Å². The largest absolute Gasteiger partial charge is 0.314 e. The molecule has 1 atom stereocenters. The fraction of sp³-hybridized carbons (Fsp3) is 0.647. The Labute approximate surface area is 134 Å². The second-order valence-corrected chi connectivity index (χ2v) is 8.63. The Hall–Kier alpha value is -0.910. The third-order valence-electron chi connectivity index (χ3n) is 5.28. The average molecular weight is 322 g/mol. The quantitative estimate of drug-likeness (QED) is 0.930. The molecule has 2 saturated heterocycles. The van der Waals surface area contributed by atoms with E-state index in [0.29, 0.717) is 29.9 Å². The minimum Gasteiger partial charge on any atom is -0.314 e. The van der Waals surface area contributed by atoms with Crippen LogP contribution >= 0.6 is 0 Å². The lowest BCUT2D eigenvalue weighted by Gasteiger charge is -2.34. The van der Waals surface area contributed by atoms with Crippen LogP contribution in [0.2, 0.25) is 0 Å². The summed E-state index contributed by atoms with van der Waals surface area (Å²) in [6.45, 7) is 6.39. The summed E-state index contributed by atoms with van der Waals surface area (Å²) < 4.78 is 27.2. The molecule has 4 nitrogen and oxygen atoms in total. The van der Waals surface area contributed by atoms with Gasteiger partial charge in [-0.1, -0.05) is 6.07 Å². The van der Waals surface area contributed by atoms with E-state index < -0.39 is 10.0 Å². The average Bonchev–Trinajstić information content (AvgIpc) is 3.04. The molecule has 2 fully saturated rings. The van der Waals surface area contributed by atoms with Crippen LogP contribution < -0.4 is 5.32 Å². The highest BCUT2D eigenvalue weighted by Crippen LogP contribution is 2.29. The van der Waals surface area contributed by atoms with Crippen LogP contribution in [-0.4, -0.2) is 38.4 Å². The van der Waals surface area contributed by atoms with Gasteiger partial charge in [-0.3, -0.25) is 0 Å². The standard InChI is InChI=1S/C17H26N2O2S/c1-13-5-6-16(12-14(13)2)22(20,21)19-10-7-15(8-11-19)17-4-3-9-18-17/h5-6,12,15,17-18H,3-4,7-11H2,1-2H3. The summed E-state index contributed by atoms with van der Waals surface area (Å²) in [7, 11) is -3.34. The van der Waals surface area contributed by atoms with E-state index in [9.17, 15) is 8.42 Å². The molecule has 1 unspecified atom stereocenters. The van der Waals surface area contributed by atoms with Crippen LogP contribution in [0.25, 0.3) is 0 Å². The monoisotopic (exact) mass is 322 g/mol. The Morgan fingerprint density at radius 1 is 1.09 bits per heavy atom. The Morgan fingerprint density at radius 3 is 2.41 bits per heavy atom. The lowest BCUT2D eigenvalue weighted by atomic mass is 9.89. The van der Waals surface area contributed by atoms with Gasteiger partial charge in [0.2, 0.25) is 10.0 Å². The van der Waals surface area contributed by atoms with E-state index in [2.05, 4.69) is 5.32 Å². The van der Waals surface area contributed by atoms with E-state index in [1.54, 1.807) is 16.4 Å². The van der Waals surface area contributed by atoms with E-state index in [-0.39, 0.29) is 0 Å². The maximum atomic E-state index is 12.8. The van der Waals surface area contributed by atoms with Gasteiger partial charge in [-0.2, -0.15) is 4.31 Å². The summed E-state index contributed by atoms with van der Waals surface area (Å²) in [4.78, 5) is 0.438. The number of hydrogen-bond acceptors (Lipinski definition) is 3. The van der Waals surface area contributed by atoms with Crippen molar-refractivity contribution in [2.24, 2.45) is 5.92 Å². The first kappa shape index (κ1) is 16.0. The summed E-state index contributed by atoms with van der Waals surface area (Å²) in [6, 6.07) is 6.04. The summed E-state index contributed by atoms with van der Waals surface area (Å²) >= 11 is 0. The van der Waals surface area contributed by atoms with Crippen molar-refractivity contribution in [1.82, 2.24) is 9.62 Å². The van der Waals surface area contributed by atoms with Gasteiger partial charge < -0.3 is 5.32 Å². The van der Waals surface area contributed by atoms with Gasteiger partial charge in [-0.15, -0.1) is 0 Å². The number of nitrogens with zero attached hydrogens (tertiary/aromatic N) is 1. The first-order valence-electron chi connectivity index (χ1n) is 8.29. The molecule has 0 aromatic heterocycles. The zero-order chi connectivity index (χ0) is 15.7. The second-order valence-electron chi connectivity index (χ2n) is 6.69. The third kappa shape index (κ3) is 3.07. The number of benzene rings is 1. The van der Waals surface area contributed by atoms with Gasteiger partial charge in [0, 0.05) is 19.1 Å². The van der Waals surface area contributed by atoms with Crippen molar-refractivity contribution in [1.29, 1.82) is 0 Å². The topological polar surface area (TPSA) is 49.4 Å². The molecule has 122 valence electrons. The maximum Gasteiger partial charge on any atom is 0.243 e. The normalized spacial score (nSPS) is 24.7. The van der Waals surface area contributed by atoms with Crippen LogP contribution in [0.3, 0.4) is 0 Å². The van der Waals surface area contributed by atoms with Crippen LogP contribution in [0, 0.1) is 19.8 Å². The molecule has 0 radical (unpaired) electrons. The molecule has 0 saturated carbocycles. The molecule has 0 bridgehead atoms. The first-order chi connectivity index (χ1) is 10.5. The Balaban J connectivity index is 1.70. The first-order valence-corrected chi connectivity index (χ1v) is 9.73. The summed E-state index contributed by atoms with van der Waals surface area (Å²) in [5.74, 6) is 0.633. The second kappa shape index (κ2) is 6.30. The SMILES string of the molecule is Cc1ccc(S(=O)(=O)N2CCC(C3CCCN3)CC2)cc1C. The van der Waals surface area contributed by atoms with E-state index in [4.69, 9.17) is 0 Å². The van der Waals surface area contributed by atoms with Crippen molar-refractivity contribution in [2.45, 2.75) is 50.5 Å². The number of rotatable bonds is 3. The van der Waals surface area contributed by atoms with E-state index in [1.165, 1.54) is 12.8 Å². The van der Waals surface area contributed by atoms with Gasteiger partial charge in [-0.25, -0.2) is 8.42 Å². The zero-order valence-electron chi connectivity index (χ0n) is 13.5. The molecular weight excluding hydrogens is 296 g/mol. The molecule has 2 aliphatic rings. The Morgan fingerprint density at radius 2 is 1.82 bits per heavy atom. The molecule has 5 heteroatoms. The third-order valence-corrected chi connectivity index (χ3v) is 7.18. The number of sulfonamides is 1. The fourth-order valence-electron chi connectivity index (χ4n) is 3.66. The Kier molecular flexibility index (Phi) is 4.57. The van der Waals surface area contributed by atoms with E-state index >= 15 is 0 Å². The summed E-state index contributed by atoms with van der Waals surface area (Å²) in [6.07, 6.45) is 4.45. The highest BCUT2D eigenvalue weighted by Gasteiger charge is 2.33. The minimum absolute atomic E-state index is 0.438. The van der Waals surface area contributed by atoms with Crippen LogP contribution in [0.1, 0.15) is 36.8 Å². The number of piperidine rings is 1. The number of nitrogens with one attached hydrogen (secondary N) is 1. The van der Waals surface area contributed by atoms with Crippen molar-refractivity contribution in [3.63, 3.8) is 0 Å². The summed E-state index contributed by atoms with van der Waals surface area (Å²) in [5.41, 5.74) is 2.16. The molecule has 1 aromatic rings. The maximum absolute atomic E-state index is 12.8. The molecule has 1 aromatic carbocycles. The van der Waals surface area contributed by atoms with Crippen molar-refractivity contribution in [2.75, 3.05) is 19.6 Å².